The average Bonchev–Trinajstić information content (AvgIpc) is 2.61. The average molecular weight is 302 g/mol. The molecule has 2 rings (SSSR count). The molecule has 5 heteroatoms. The molecule has 0 spiro atoms. The molecule has 2 atom stereocenters. The van der Waals surface area contributed by atoms with E-state index in [9.17, 15) is 14.3 Å². The second-order valence-corrected chi connectivity index (χ2v) is 5.15. The largest absolute Gasteiger partial charge is 0.391 e. The van der Waals surface area contributed by atoms with Crippen molar-refractivity contribution < 1.29 is 14.3 Å². The van der Waals surface area contributed by atoms with Crippen LogP contribution in [0, 0.1) is 5.82 Å². The summed E-state index contributed by atoms with van der Waals surface area (Å²) in [5.41, 5.74) is 0.0420. The Balaban J connectivity index is 2.29. The smallest absolute Gasteiger partial charge is 0.257 e. The minimum atomic E-state index is -0.550. The molecular weight excluding hydrogens is 289 g/mol. The van der Waals surface area contributed by atoms with Crippen LogP contribution in [0.15, 0.2) is 22.7 Å². The number of benzene rings is 1. The summed E-state index contributed by atoms with van der Waals surface area (Å²) in [6.07, 6.45) is 0.0330. The number of carbonyl (C=O) groups excluding carboxylic acids is 1. The number of nitrogens with zero attached hydrogens (tertiary/aromatic N) is 1. The Morgan fingerprint density at radius 2 is 2.29 bits per heavy atom. The van der Waals surface area contributed by atoms with Crippen LogP contribution >= 0.6 is 15.9 Å². The summed E-state index contributed by atoms with van der Waals surface area (Å²) in [5.74, 6) is -0.918. The van der Waals surface area contributed by atoms with Crippen molar-refractivity contribution in [2.45, 2.75) is 25.5 Å². The molecule has 1 amide bonds. The topological polar surface area (TPSA) is 40.5 Å². The van der Waals surface area contributed by atoms with Gasteiger partial charge in [0.15, 0.2) is 0 Å². The minimum absolute atomic E-state index is 0.0420. The molecule has 1 aromatic carbocycles. The second-order valence-electron chi connectivity index (χ2n) is 4.30. The van der Waals surface area contributed by atoms with Crippen LogP contribution in [-0.4, -0.2) is 34.6 Å². The molecule has 0 aromatic heterocycles. The maximum Gasteiger partial charge on any atom is 0.257 e. The van der Waals surface area contributed by atoms with Crippen molar-refractivity contribution in [2.24, 2.45) is 0 Å². The highest BCUT2D eigenvalue weighted by Crippen LogP contribution is 2.24. The van der Waals surface area contributed by atoms with Gasteiger partial charge < -0.3 is 10.0 Å². The van der Waals surface area contributed by atoms with Gasteiger partial charge in [-0.3, -0.25) is 4.79 Å². The highest BCUT2D eigenvalue weighted by molar-refractivity contribution is 9.10. The van der Waals surface area contributed by atoms with Crippen molar-refractivity contribution in [1.82, 2.24) is 4.90 Å². The first-order valence-corrected chi connectivity index (χ1v) is 6.23. The van der Waals surface area contributed by atoms with E-state index in [1.54, 1.807) is 12.1 Å². The molecule has 1 heterocycles. The molecule has 1 aliphatic rings. The third-order valence-electron chi connectivity index (χ3n) is 3.00. The van der Waals surface area contributed by atoms with Crippen molar-refractivity contribution in [3.8, 4) is 0 Å². The Hall–Kier alpha value is -0.940. The third kappa shape index (κ3) is 2.35. The maximum absolute atomic E-state index is 13.8. The van der Waals surface area contributed by atoms with E-state index < -0.39 is 11.9 Å². The normalized spacial score (nSPS) is 24.1. The lowest BCUT2D eigenvalue weighted by Crippen LogP contribution is -2.35. The van der Waals surface area contributed by atoms with Gasteiger partial charge in [0, 0.05) is 12.6 Å². The van der Waals surface area contributed by atoms with Crippen LogP contribution in [-0.2, 0) is 0 Å². The summed E-state index contributed by atoms with van der Waals surface area (Å²) in [6, 6.07) is 4.57. The summed E-state index contributed by atoms with van der Waals surface area (Å²) in [5, 5.41) is 9.49. The Kier molecular flexibility index (Phi) is 3.49. The molecule has 0 aliphatic carbocycles. The predicted molar refractivity (Wildman–Crippen MR) is 65.2 cm³/mol. The van der Waals surface area contributed by atoms with Gasteiger partial charge in [-0.05, 0) is 41.4 Å². The number of halogens is 2. The van der Waals surface area contributed by atoms with E-state index in [2.05, 4.69) is 15.9 Å². The minimum Gasteiger partial charge on any atom is -0.391 e. The van der Waals surface area contributed by atoms with Gasteiger partial charge in [0.05, 0.1) is 16.1 Å². The van der Waals surface area contributed by atoms with Crippen LogP contribution in [0.25, 0.3) is 0 Å². The molecule has 1 N–H and O–H groups in total. The van der Waals surface area contributed by atoms with Gasteiger partial charge in [0.1, 0.15) is 5.82 Å². The fraction of sp³-hybridized carbons (Fsp3) is 0.417. The fourth-order valence-corrected chi connectivity index (χ4v) is 2.48. The van der Waals surface area contributed by atoms with Crippen molar-refractivity contribution in [3.05, 3.63) is 34.1 Å². The number of rotatable bonds is 1. The zero-order valence-corrected chi connectivity index (χ0v) is 10.9. The first kappa shape index (κ1) is 12.5. The summed E-state index contributed by atoms with van der Waals surface area (Å²) < 4.78 is 14.0. The zero-order valence-electron chi connectivity index (χ0n) is 9.36. The first-order valence-electron chi connectivity index (χ1n) is 5.43. The number of likely N-dealkylation sites (tertiary alicyclic amines) is 1. The lowest BCUT2D eigenvalue weighted by Gasteiger charge is -2.21. The molecular formula is C12H13BrFNO2. The molecule has 1 aromatic rings. The SMILES string of the molecule is C[C@@H]1C[C@@H](O)CN1C(=O)c1cccc(Br)c1F. The standard InChI is InChI=1S/C12H13BrFNO2/c1-7-5-8(16)6-15(7)12(17)9-3-2-4-10(13)11(9)14/h2-4,7-8,16H,5-6H2,1H3/t7-,8-/m1/s1. The highest BCUT2D eigenvalue weighted by atomic mass is 79.9. The van der Waals surface area contributed by atoms with Crippen molar-refractivity contribution in [1.29, 1.82) is 0 Å². The van der Waals surface area contributed by atoms with Crippen LogP contribution in [0.4, 0.5) is 4.39 Å². The number of hydrogen-bond donors (Lipinski definition) is 1. The van der Waals surface area contributed by atoms with Crippen molar-refractivity contribution >= 4 is 21.8 Å². The summed E-state index contributed by atoms with van der Waals surface area (Å²) in [4.78, 5) is 13.6. The monoisotopic (exact) mass is 301 g/mol. The number of aliphatic hydroxyl groups excluding tert-OH is 1. The Morgan fingerprint density at radius 3 is 2.88 bits per heavy atom. The van der Waals surface area contributed by atoms with E-state index in [0.29, 0.717) is 6.42 Å². The summed E-state index contributed by atoms with van der Waals surface area (Å²) in [7, 11) is 0. The predicted octanol–water partition coefficient (Wildman–Crippen LogP) is 2.18. The van der Waals surface area contributed by atoms with Crippen LogP contribution < -0.4 is 0 Å². The molecule has 3 nitrogen and oxygen atoms in total. The number of carbonyl (C=O) groups is 1. The highest BCUT2D eigenvalue weighted by Gasteiger charge is 2.32. The molecule has 1 aliphatic heterocycles. The lowest BCUT2D eigenvalue weighted by atomic mass is 10.1. The molecule has 0 unspecified atom stereocenters. The number of β-amino-alcohol motifs (C(OH)–C–C–N with tert-alkyl or cyclic N) is 1. The van der Waals surface area contributed by atoms with Gasteiger partial charge in [0.2, 0.25) is 0 Å². The molecule has 0 saturated carbocycles. The number of aliphatic hydroxyl groups is 1. The summed E-state index contributed by atoms with van der Waals surface area (Å²) in [6.45, 7) is 2.12. The van der Waals surface area contributed by atoms with Crippen LogP contribution in [0.5, 0.6) is 0 Å². The van der Waals surface area contributed by atoms with Gasteiger partial charge >= 0.3 is 0 Å². The van der Waals surface area contributed by atoms with Crippen LogP contribution in [0.2, 0.25) is 0 Å². The van der Waals surface area contributed by atoms with Gasteiger partial charge in [-0.1, -0.05) is 6.07 Å². The first-order chi connectivity index (χ1) is 8.00. The van der Waals surface area contributed by atoms with Crippen LogP contribution in [0.3, 0.4) is 0 Å². The lowest BCUT2D eigenvalue weighted by molar-refractivity contribution is 0.0721. The Morgan fingerprint density at radius 1 is 1.59 bits per heavy atom. The fourth-order valence-electron chi connectivity index (χ4n) is 2.11. The second kappa shape index (κ2) is 4.74. The van der Waals surface area contributed by atoms with Crippen molar-refractivity contribution in [2.75, 3.05) is 6.54 Å². The van der Waals surface area contributed by atoms with E-state index in [-0.39, 0.29) is 28.5 Å². The molecule has 17 heavy (non-hydrogen) atoms. The van der Waals surface area contributed by atoms with Gasteiger partial charge in [-0.15, -0.1) is 0 Å². The summed E-state index contributed by atoms with van der Waals surface area (Å²) >= 11 is 3.05. The van der Waals surface area contributed by atoms with E-state index in [1.165, 1.54) is 11.0 Å². The maximum atomic E-state index is 13.8. The molecule has 1 fully saturated rings. The Bertz CT molecular complexity index is 452. The Labute approximate surface area is 107 Å². The van der Waals surface area contributed by atoms with E-state index >= 15 is 0 Å². The molecule has 1 saturated heterocycles. The van der Waals surface area contributed by atoms with Gasteiger partial charge in [0.25, 0.3) is 5.91 Å². The number of amides is 1. The van der Waals surface area contributed by atoms with E-state index in [1.807, 2.05) is 6.92 Å². The van der Waals surface area contributed by atoms with E-state index in [4.69, 9.17) is 0 Å². The van der Waals surface area contributed by atoms with Gasteiger partial charge in [-0.25, -0.2) is 4.39 Å². The molecule has 92 valence electrons. The van der Waals surface area contributed by atoms with Crippen LogP contribution in [0.1, 0.15) is 23.7 Å². The number of hydrogen-bond acceptors (Lipinski definition) is 2. The third-order valence-corrected chi connectivity index (χ3v) is 3.61. The van der Waals surface area contributed by atoms with E-state index in [0.717, 1.165) is 0 Å². The quantitative estimate of drug-likeness (QED) is 0.864. The molecule has 0 bridgehead atoms. The zero-order chi connectivity index (χ0) is 12.6. The van der Waals surface area contributed by atoms with Gasteiger partial charge in [-0.2, -0.15) is 0 Å². The van der Waals surface area contributed by atoms with Crippen molar-refractivity contribution in [3.63, 3.8) is 0 Å². The molecule has 0 radical (unpaired) electrons.